The molecule has 0 spiro atoms. The average Bonchev–Trinajstić information content (AvgIpc) is 3.05. The standard InChI is InChI=1S/C17H20N4O2/c1-12(2)14-11-15(20-19-14)17(22)21-18-10-6-8-13-7-4-5-9-16(13)23-3/h4-12H,1-3H3,(H,19,20)(H,21,22). The third kappa shape index (κ3) is 4.54. The minimum atomic E-state index is -0.352. The number of nitrogens with one attached hydrogen (secondary N) is 2. The number of H-pyrrole nitrogens is 1. The molecule has 0 aliphatic heterocycles. The molecular formula is C17H20N4O2. The number of carbonyl (C=O) groups excluding carboxylic acids is 1. The molecule has 1 heterocycles. The van der Waals surface area contributed by atoms with Gasteiger partial charge in [0.2, 0.25) is 0 Å². The van der Waals surface area contributed by atoms with Crippen LogP contribution in [0.15, 0.2) is 41.5 Å². The van der Waals surface area contributed by atoms with Gasteiger partial charge in [0.05, 0.1) is 7.11 Å². The number of benzene rings is 1. The van der Waals surface area contributed by atoms with Gasteiger partial charge in [-0.1, -0.05) is 32.0 Å². The topological polar surface area (TPSA) is 79.4 Å². The molecule has 1 aromatic heterocycles. The number of carbonyl (C=O) groups is 1. The fraction of sp³-hybridized carbons (Fsp3) is 0.235. The summed E-state index contributed by atoms with van der Waals surface area (Å²) >= 11 is 0. The number of amides is 1. The maximum atomic E-state index is 11.9. The van der Waals surface area contributed by atoms with Gasteiger partial charge in [-0.3, -0.25) is 9.89 Å². The summed E-state index contributed by atoms with van der Waals surface area (Å²) in [5.74, 6) is 0.713. The summed E-state index contributed by atoms with van der Waals surface area (Å²) in [6.07, 6.45) is 5.07. The second-order valence-corrected chi connectivity index (χ2v) is 5.18. The Morgan fingerprint density at radius 1 is 1.39 bits per heavy atom. The maximum absolute atomic E-state index is 11.9. The summed E-state index contributed by atoms with van der Waals surface area (Å²) in [7, 11) is 1.62. The Kier molecular flexibility index (Phi) is 5.68. The van der Waals surface area contributed by atoms with Gasteiger partial charge in [0.25, 0.3) is 5.91 Å². The van der Waals surface area contributed by atoms with Crippen molar-refractivity contribution in [2.24, 2.45) is 5.10 Å². The van der Waals surface area contributed by atoms with Gasteiger partial charge in [0.1, 0.15) is 5.75 Å². The molecule has 1 aromatic carbocycles. The Hall–Kier alpha value is -2.89. The van der Waals surface area contributed by atoms with E-state index in [-0.39, 0.29) is 11.8 Å². The molecule has 0 aliphatic carbocycles. The number of aromatic amines is 1. The van der Waals surface area contributed by atoms with Crippen molar-refractivity contribution < 1.29 is 9.53 Å². The summed E-state index contributed by atoms with van der Waals surface area (Å²) in [4.78, 5) is 11.9. The summed E-state index contributed by atoms with van der Waals surface area (Å²) in [5.41, 5.74) is 4.59. The smallest absolute Gasteiger partial charge is 0.291 e. The van der Waals surface area contributed by atoms with E-state index in [0.717, 1.165) is 17.0 Å². The quantitative estimate of drug-likeness (QED) is 0.635. The minimum Gasteiger partial charge on any atom is -0.496 e. The molecule has 0 saturated heterocycles. The zero-order valence-electron chi connectivity index (χ0n) is 13.4. The number of aromatic nitrogens is 2. The lowest BCUT2D eigenvalue weighted by atomic mass is 10.1. The van der Waals surface area contributed by atoms with Crippen molar-refractivity contribution in [2.45, 2.75) is 19.8 Å². The molecule has 120 valence electrons. The van der Waals surface area contributed by atoms with Crippen molar-refractivity contribution in [1.29, 1.82) is 0 Å². The average molecular weight is 312 g/mol. The SMILES string of the molecule is COc1ccccc1C=CC=NNC(=O)c1cc(C(C)C)[nH]n1. The number of para-hydroxylation sites is 1. The van der Waals surface area contributed by atoms with Crippen LogP contribution in [0, 0.1) is 0 Å². The Balaban J connectivity index is 1.91. The van der Waals surface area contributed by atoms with Crippen molar-refractivity contribution in [3.8, 4) is 5.75 Å². The highest BCUT2D eigenvalue weighted by Gasteiger charge is 2.10. The number of allylic oxidation sites excluding steroid dienone is 1. The number of ether oxygens (including phenoxy) is 1. The Bertz CT molecular complexity index is 717. The van der Waals surface area contributed by atoms with E-state index in [9.17, 15) is 4.79 Å². The molecule has 0 saturated carbocycles. The molecule has 6 heteroatoms. The van der Waals surface area contributed by atoms with Gasteiger partial charge in [0.15, 0.2) is 5.69 Å². The first kappa shape index (κ1) is 16.5. The third-order valence-corrected chi connectivity index (χ3v) is 3.19. The summed E-state index contributed by atoms with van der Waals surface area (Å²) in [6, 6.07) is 9.35. The number of methoxy groups -OCH3 is 1. The van der Waals surface area contributed by atoms with E-state index in [0.29, 0.717) is 5.69 Å². The van der Waals surface area contributed by atoms with Crippen LogP contribution < -0.4 is 10.2 Å². The predicted molar refractivity (Wildman–Crippen MR) is 90.7 cm³/mol. The van der Waals surface area contributed by atoms with Gasteiger partial charge in [-0.2, -0.15) is 10.2 Å². The fourth-order valence-electron chi connectivity index (χ4n) is 1.90. The van der Waals surface area contributed by atoms with Gasteiger partial charge in [-0.05, 0) is 30.2 Å². The first-order chi connectivity index (χ1) is 11.1. The van der Waals surface area contributed by atoms with Crippen LogP contribution in [0.3, 0.4) is 0 Å². The first-order valence-corrected chi connectivity index (χ1v) is 7.30. The Labute approximate surface area is 135 Å². The second kappa shape index (κ2) is 7.93. The summed E-state index contributed by atoms with van der Waals surface area (Å²) in [6.45, 7) is 4.05. The van der Waals surface area contributed by atoms with Crippen LogP contribution in [0.4, 0.5) is 0 Å². The number of nitrogens with zero attached hydrogens (tertiary/aromatic N) is 2. The molecular weight excluding hydrogens is 292 g/mol. The largest absolute Gasteiger partial charge is 0.496 e. The molecule has 6 nitrogen and oxygen atoms in total. The monoisotopic (exact) mass is 312 g/mol. The molecule has 2 N–H and O–H groups in total. The number of hydrogen-bond acceptors (Lipinski definition) is 4. The van der Waals surface area contributed by atoms with Gasteiger partial charge in [0, 0.05) is 17.5 Å². The second-order valence-electron chi connectivity index (χ2n) is 5.18. The number of rotatable bonds is 6. The first-order valence-electron chi connectivity index (χ1n) is 7.30. The van der Waals surface area contributed by atoms with E-state index >= 15 is 0 Å². The highest BCUT2D eigenvalue weighted by Crippen LogP contribution is 2.18. The Morgan fingerprint density at radius 3 is 2.87 bits per heavy atom. The summed E-state index contributed by atoms with van der Waals surface area (Å²) in [5, 5.41) is 10.7. The van der Waals surface area contributed by atoms with Gasteiger partial charge >= 0.3 is 0 Å². The van der Waals surface area contributed by atoms with E-state index in [1.165, 1.54) is 6.21 Å². The fourth-order valence-corrected chi connectivity index (χ4v) is 1.90. The van der Waals surface area contributed by atoms with Crippen LogP contribution in [0.25, 0.3) is 6.08 Å². The van der Waals surface area contributed by atoms with E-state index < -0.39 is 0 Å². The van der Waals surface area contributed by atoms with Crippen molar-refractivity contribution in [3.63, 3.8) is 0 Å². The van der Waals surface area contributed by atoms with Crippen LogP contribution in [0.2, 0.25) is 0 Å². The zero-order chi connectivity index (χ0) is 16.7. The third-order valence-electron chi connectivity index (χ3n) is 3.19. The number of hydrazone groups is 1. The molecule has 0 fully saturated rings. The number of hydrogen-bond donors (Lipinski definition) is 2. The van der Waals surface area contributed by atoms with Crippen LogP contribution in [0.1, 0.15) is 41.5 Å². The van der Waals surface area contributed by atoms with Crippen molar-refractivity contribution >= 4 is 18.2 Å². The van der Waals surface area contributed by atoms with Gasteiger partial charge in [-0.15, -0.1) is 0 Å². The van der Waals surface area contributed by atoms with Crippen LogP contribution >= 0.6 is 0 Å². The lowest BCUT2D eigenvalue weighted by molar-refractivity contribution is 0.0950. The zero-order valence-corrected chi connectivity index (χ0v) is 13.4. The molecule has 0 aliphatic rings. The van der Waals surface area contributed by atoms with Crippen molar-refractivity contribution in [1.82, 2.24) is 15.6 Å². The minimum absolute atomic E-state index is 0.288. The highest BCUT2D eigenvalue weighted by atomic mass is 16.5. The highest BCUT2D eigenvalue weighted by molar-refractivity contribution is 5.93. The molecule has 2 aromatic rings. The molecule has 23 heavy (non-hydrogen) atoms. The van der Waals surface area contributed by atoms with Gasteiger partial charge in [-0.25, -0.2) is 5.43 Å². The molecule has 0 unspecified atom stereocenters. The normalized spacial score (nSPS) is 11.5. The molecule has 0 atom stereocenters. The van der Waals surface area contributed by atoms with E-state index in [4.69, 9.17) is 4.74 Å². The van der Waals surface area contributed by atoms with E-state index in [1.54, 1.807) is 19.3 Å². The predicted octanol–water partition coefficient (Wildman–Crippen LogP) is 2.97. The maximum Gasteiger partial charge on any atom is 0.291 e. The van der Waals surface area contributed by atoms with Gasteiger partial charge < -0.3 is 4.74 Å². The Morgan fingerprint density at radius 2 is 2.17 bits per heavy atom. The van der Waals surface area contributed by atoms with Crippen LogP contribution in [0.5, 0.6) is 5.75 Å². The molecule has 0 radical (unpaired) electrons. The lowest BCUT2D eigenvalue weighted by Crippen LogP contribution is -2.17. The molecule has 2 rings (SSSR count). The van der Waals surface area contributed by atoms with Crippen molar-refractivity contribution in [3.05, 3.63) is 53.4 Å². The van der Waals surface area contributed by atoms with E-state index in [2.05, 4.69) is 20.7 Å². The van der Waals surface area contributed by atoms with Crippen LogP contribution in [-0.4, -0.2) is 29.4 Å². The lowest BCUT2D eigenvalue weighted by Gasteiger charge is -2.02. The molecule has 1 amide bonds. The molecule has 0 bridgehead atoms. The van der Waals surface area contributed by atoms with Crippen LogP contribution in [-0.2, 0) is 0 Å². The van der Waals surface area contributed by atoms with E-state index in [1.807, 2.05) is 44.2 Å². The van der Waals surface area contributed by atoms with Crippen molar-refractivity contribution in [2.75, 3.05) is 7.11 Å². The summed E-state index contributed by atoms with van der Waals surface area (Å²) < 4.78 is 5.24.